The zero-order valence-corrected chi connectivity index (χ0v) is 6.51. The molecule has 56 valence electrons. The molecule has 0 spiro atoms. The Bertz CT molecular complexity index is 183. The summed E-state index contributed by atoms with van der Waals surface area (Å²) >= 11 is 0. The Balaban J connectivity index is 4.61. The number of hydrogen-bond acceptors (Lipinski definition) is 1. The first-order chi connectivity index (χ1) is 4.59. The maximum Gasteiger partial charge on any atom is 0.339 e. The number of aliphatic carboxylic acids is 1. The molecule has 10 heavy (non-hydrogen) atoms. The molecule has 2 nitrogen and oxygen atoms in total. The molecule has 0 saturated heterocycles. The average Bonchev–Trinajstić information content (AvgIpc) is 1.81. The fourth-order valence-corrected chi connectivity index (χ4v) is 0.631. The van der Waals surface area contributed by atoms with Crippen molar-refractivity contribution in [3.63, 3.8) is 0 Å². The van der Waals surface area contributed by atoms with Gasteiger partial charge in [-0.05, 0) is 18.9 Å². The van der Waals surface area contributed by atoms with E-state index in [2.05, 4.69) is 5.73 Å². The molecule has 0 aromatic rings. The second kappa shape index (κ2) is 3.91. The van der Waals surface area contributed by atoms with Crippen LogP contribution in [-0.4, -0.2) is 11.1 Å². The SMILES string of the molecule is CC=C=C(C(=O)O)C(C)C. The maximum atomic E-state index is 10.4. The minimum absolute atomic E-state index is 0.0358. The predicted octanol–water partition coefficient (Wildman–Crippen LogP) is 1.83. The number of carboxylic acids is 1. The van der Waals surface area contributed by atoms with Gasteiger partial charge in [-0.15, -0.1) is 5.73 Å². The molecule has 0 atom stereocenters. The smallest absolute Gasteiger partial charge is 0.339 e. The molecule has 0 heterocycles. The number of hydrogen-bond donors (Lipinski definition) is 1. The van der Waals surface area contributed by atoms with Crippen LogP contribution in [0, 0.1) is 5.92 Å². The van der Waals surface area contributed by atoms with Gasteiger partial charge in [0.2, 0.25) is 0 Å². The van der Waals surface area contributed by atoms with Gasteiger partial charge in [0, 0.05) is 0 Å². The van der Waals surface area contributed by atoms with E-state index in [4.69, 9.17) is 5.11 Å². The van der Waals surface area contributed by atoms with Crippen molar-refractivity contribution in [2.75, 3.05) is 0 Å². The first kappa shape index (κ1) is 8.99. The molecular weight excluding hydrogens is 128 g/mol. The lowest BCUT2D eigenvalue weighted by Crippen LogP contribution is -2.05. The van der Waals surface area contributed by atoms with Crippen molar-refractivity contribution in [1.82, 2.24) is 0 Å². The Hall–Kier alpha value is -1.01. The van der Waals surface area contributed by atoms with Gasteiger partial charge in [0.1, 0.15) is 0 Å². The Morgan fingerprint density at radius 3 is 2.20 bits per heavy atom. The van der Waals surface area contributed by atoms with Gasteiger partial charge in [-0.1, -0.05) is 13.8 Å². The molecule has 0 fully saturated rings. The van der Waals surface area contributed by atoms with Gasteiger partial charge in [-0.2, -0.15) is 0 Å². The summed E-state index contributed by atoms with van der Waals surface area (Å²) < 4.78 is 0. The Labute approximate surface area is 60.9 Å². The molecule has 0 aliphatic rings. The van der Waals surface area contributed by atoms with E-state index in [-0.39, 0.29) is 5.92 Å². The van der Waals surface area contributed by atoms with Crippen molar-refractivity contribution in [2.24, 2.45) is 5.92 Å². The molecule has 0 unspecified atom stereocenters. The minimum Gasteiger partial charge on any atom is -0.477 e. The number of carbonyl (C=O) groups is 1. The highest BCUT2D eigenvalue weighted by molar-refractivity contribution is 5.86. The fourth-order valence-electron chi connectivity index (χ4n) is 0.631. The molecular formula is C8H12O2. The highest BCUT2D eigenvalue weighted by Crippen LogP contribution is 2.06. The van der Waals surface area contributed by atoms with Crippen LogP contribution < -0.4 is 0 Å². The van der Waals surface area contributed by atoms with Gasteiger partial charge in [0.15, 0.2) is 0 Å². The lowest BCUT2D eigenvalue weighted by molar-refractivity contribution is -0.133. The first-order valence-corrected chi connectivity index (χ1v) is 3.24. The number of carboxylic acid groups (broad SMARTS) is 1. The molecule has 0 bridgehead atoms. The van der Waals surface area contributed by atoms with Gasteiger partial charge in [-0.3, -0.25) is 0 Å². The lowest BCUT2D eigenvalue weighted by Gasteiger charge is -2.00. The Morgan fingerprint density at radius 1 is 1.60 bits per heavy atom. The molecule has 0 rings (SSSR count). The summed E-state index contributed by atoms with van der Waals surface area (Å²) in [7, 11) is 0. The third kappa shape index (κ3) is 2.51. The van der Waals surface area contributed by atoms with E-state index in [0.717, 1.165) is 0 Å². The topological polar surface area (TPSA) is 37.3 Å². The second-order valence-corrected chi connectivity index (χ2v) is 2.31. The van der Waals surface area contributed by atoms with E-state index in [0.29, 0.717) is 5.57 Å². The van der Waals surface area contributed by atoms with Crippen LogP contribution in [0.2, 0.25) is 0 Å². The van der Waals surface area contributed by atoms with Crippen molar-refractivity contribution >= 4 is 5.97 Å². The van der Waals surface area contributed by atoms with E-state index >= 15 is 0 Å². The van der Waals surface area contributed by atoms with Crippen molar-refractivity contribution < 1.29 is 9.90 Å². The quantitative estimate of drug-likeness (QED) is 0.469. The number of rotatable bonds is 2. The van der Waals surface area contributed by atoms with Crippen LogP contribution in [0.4, 0.5) is 0 Å². The zero-order valence-electron chi connectivity index (χ0n) is 6.51. The monoisotopic (exact) mass is 140 g/mol. The van der Waals surface area contributed by atoms with E-state index in [9.17, 15) is 4.79 Å². The molecule has 0 amide bonds. The lowest BCUT2D eigenvalue weighted by atomic mass is 10.1. The standard InChI is InChI=1S/C8H12O2/c1-4-5-7(6(2)3)8(9)10/h4,6H,1-3H3,(H,9,10). The van der Waals surface area contributed by atoms with Gasteiger partial charge in [-0.25, -0.2) is 4.79 Å². The maximum absolute atomic E-state index is 10.4. The molecule has 1 N–H and O–H groups in total. The van der Waals surface area contributed by atoms with Crippen LogP contribution in [0.1, 0.15) is 20.8 Å². The third-order valence-electron chi connectivity index (χ3n) is 1.11. The largest absolute Gasteiger partial charge is 0.477 e. The summed E-state index contributed by atoms with van der Waals surface area (Å²) in [5.41, 5.74) is 3.01. The van der Waals surface area contributed by atoms with Crippen molar-refractivity contribution in [1.29, 1.82) is 0 Å². The highest BCUT2D eigenvalue weighted by Gasteiger charge is 2.09. The summed E-state index contributed by atoms with van der Waals surface area (Å²) in [6.07, 6.45) is 1.61. The minimum atomic E-state index is -0.881. The fraction of sp³-hybridized carbons (Fsp3) is 0.500. The van der Waals surface area contributed by atoms with Crippen molar-refractivity contribution in [2.45, 2.75) is 20.8 Å². The molecule has 2 heteroatoms. The van der Waals surface area contributed by atoms with E-state index < -0.39 is 5.97 Å². The van der Waals surface area contributed by atoms with Gasteiger partial charge in [0.05, 0.1) is 5.57 Å². The normalized spacial score (nSPS) is 8.80. The molecule has 0 aromatic heterocycles. The van der Waals surface area contributed by atoms with Crippen LogP contribution >= 0.6 is 0 Å². The molecule has 0 aliphatic carbocycles. The van der Waals surface area contributed by atoms with Gasteiger partial charge < -0.3 is 5.11 Å². The van der Waals surface area contributed by atoms with Crippen LogP contribution in [0.15, 0.2) is 17.4 Å². The highest BCUT2D eigenvalue weighted by atomic mass is 16.4. The summed E-state index contributed by atoms with van der Waals surface area (Å²) in [5.74, 6) is -0.846. The summed E-state index contributed by atoms with van der Waals surface area (Å²) in [6, 6.07) is 0. The van der Waals surface area contributed by atoms with E-state index in [1.54, 1.807) is 13.0 Å². The second-order valence-electron chi connectivity index (χ2n) is 2.31. The van der Waals surface area contributed by atoms with E-state index in [1.165, 1.54) is 0 Å². The van der Waals surface area contributed by atoms with Crippen LogP contribution in [-0.2, 0) is 4.79 Å². The zero-order chi connectivity index (χ0) is 8.15. The van der Waals surface area contributed by atoms with Crippen molar-refractivity contribution in [3.05, 3.63) is 17.4 Å². The van der Waals surface area contributed by atoms with Gasteiger partial charge in [0.25, 0.3) is 0 Å². The summed E-state index contributed by atoms with van der Waals surface area (Å²) in [4.78, 5) is 10.4. The third-order valence-corrected chi connectivity index (χ3v) is 1.11. The van der Waals surface area contributed by atoms with Gasteiger partial charge >= 0.3 is 5.97 Å². The molecule has 0 radical (unpaired) electrons. The van der Waals surface area contributed by atoms with Crippen LogP contribution in [0.5, 0.6) is 0 Å². The molecule has 0 aliphatic heterocycles. The summed E-state index contributed by atoms with van der Waals surface area (Å²) in [5, 5.41) is 8.56. The first-order valence-electron chi connectivity index (χ1n) is 3.24. The summed E-state index contributed by atoms with van der Waals surface area (Å²) in [6.45, 7) is 5.42. The van der Waals surface area contributed by atoms with Crippen LogP contribution in [0.3, 0.4) is 0 Å². The Kier molecular flexibility index (Phi) is 3.52. The van der Waals surface area contributed by atoms with E-state index in [1.807, 2.05) is 13.8 Å². The molecule has 0 aromatic carbocycles. The van der Waals surface area contributed by atoms with Crippen molar-refractivity contribution in [3.8, 4) is 0 Å². The average molecular weight is 140 g/mol. The Morgan fingerprint density at radius 2 is 2.10 bits per heavy atom. The molecule has 0 saturated carbocycles. The predicted molar refractivity (Wildman–Crippen MR) is 39.7 cm³/mol. The van der Waals surface area contributed by atoms with Crippen LogP contribution in [0.25, 0.3) is 0 Å².